The van der Waals surface area contributed by atoms with E-state index >= 15 is 0 Å². The quantitative estimate of drug-likeness (QED) is 0.745. The second-order valence-electron chi connectivity index (χ2n) is 6.62. The van der Waals surface area contributed by atoms with Gasteiger partial charge < -0.3 is 10.2 Å². The number of carbonyl (C=O) groups excluding carboxylic acids is 1. The number of rotatable bonds is 5. The normalized spacial score (nSPS) is 15.0. The third kappa shape index (κ3) is 4.42. The minimum absolute atomic E-state index is 0.0219. The van der Waals surface area contributed by atoms with E-state index in [1.54, 1.807) is 13.0 Å². The van der Waals surface area contributed by atoms with Crippen LogP contribution >= 0.6 is 11.3 Å². The van der Waals surface area contributed by atoms with Crippen molar-refractivity contribution in [1.82, 2.24) is 9.88 Å². The molecule has 6 nitrogen and oxygen atoms in total. The molecule has 2 aromatic rings. The Kier molecular flexibility index (Phi) is 6.54. The van der Waals surface area contributed by atoms with Crippen molar-refractivity contribution >= 4 is 34.6 Å². The summed E-state index contributed by atoms with van der Waals surface area (Å²) in [6.45, 7) is 4.34. The third-order valence-corrected chi connectivity index (χ3v) is 5.92. The first kappa shape index (κ1) is 20.4. The van der Waals surface area contributed by atoms with E-state index in [0.717, 1.165) is 30.0 Å². The van der Waals surface area contributed by atoms with E-state index in [-0.39, 0.29) is 17.7 Å². The molecule has 1 amide bonds. The molecule has 0 aliphatic carbocycles. The van der Waals surface area contributed by atoms with E-state index in [1.807, 2.05) is 18.2 Å². The summed E-state index contributed by atoms with van der Waals surface area (Å²) in [6, 6.07) is 10.00. The molecular formula is C22H22N4O2S. The van der Waals surface area contributed by atoms with Gasteiger partial charge in [0.25, 0.3) is 11.5 Å². The Morgan fingerprint density at radius 3 is 2.59 bits per heavy atom. The largest absolute Gasteiger partial charge is 0.372 e. The molecule has 1 N–H and O–H groups in total. The minimum atomic E-state index is -0.574. The lowest BCUT2D eigenvalue weighted by Crippen LogP contribution is -2.34. The highest BCUT2D eigenvalue weighted by atomic mass is 32.1. The average Bonchev–Trinajstić information content (AvgIpc) is 3.37. The highest BCUT2D eigenvalue weighted by Gasteiger charge is 2.15. The van der Waals surface area contributed by atoms with Gasteiger partial charge in [0.1, 0.15) is 10.7 Å². The summed E-state index contributed by atoms with van der Waals surface area (Å²) in [5.74, 6) is 1.73. The van der Waals surface area contributed by atoms with Gasteiger partial charge in [-0.2, -0.15) is 5.26 Å². The predicted octanol–water partition coefficient (Wildman–Crippen LogP) is 0.782. The summed E-state index contributed by atoms with van der Waals surface area (Å²) < 4.78 is 2.27. The Morgan fingerprint density at radius 2 is 2.00 bits per heavy atom. The lowest BCUT2D eigenvalue weighted by Gasteiger charge is -2.17. The first-order valence-corrected chi connectivity index (χ1v) is 10.3. The van der Waals surface area contributed by atoms with E-state index < -0.39 is 5.91 Å². The number of hydrogen-bond donors (Lipinski definition) is 1. The smallest absolute Gasteiger partial charge is 0.269 e. The molecule has 0 unspecified atom stereocenters. The van der Waals surface area contributed by atoms with Crippen molar-refractivity contribution in [2.24, 2.45) is 0 Å². The van der Waals surface area contributed by atoms with Gasteiger partial charge in [0, 0.05) is 25.3 Å². The fourth-order valence-corrected chi connectivity index (χ4v) is 4.48. The van der Waals surface area contributed by atoms with Crippen molar-refractivity contribution < 1.29 is 4.79 Å². The minimum Gasteiger partial charge on any atom is -0.372 e. The second kappa shape index (κ2) is 9.27. The van der Waals surface area contributed by atoms with Crippen LogP contribution in [0.25, 0.3) is 11.6 Å². The molecule has 1 aromatic heterocycles. The second-order valence-corrected chi connectivity index (χ2v) is 7.66. The number of nitriles is 1. The van der Waals surface area contributed by atoms with Gasteiger partial charge in [-0.15, -0.1) is 17.8 Å². The maximum Gasteiger partial charge on any atom is 0.269 e. The molecule has 0 radical (unpaired) electrons. The van der Waals surface area contributed by atoms with Crippen LogP contribution in [0.3, 0.4) is 0 Å². The van der Waals surface area contributed by atoms with Gasteiger partial charge in [-0.25, -0.2) is 0 Å². The molecule has 29 heavy (non-hydrogen) atoms. The first-order chi connectivity index (χ1) is 14.1. The molecular weight excluding hydrogens is 384 g/mol. The molecule has 148 valence electrons. The zero-order valence-corrected chi connectivity index (χ0v) is 17.1. The van der Waals surface area contributed by atoms with Crippen molar-refractivity contribution in [2.75, 3.05) is 24.5 Å². The molecule has 3 rings (SSSR count). The molecule has 1 aliphatic heterocycles. The Morgan fingerprint density at radius 1 is 1.31 bits per heavy atom. The Balaban J connectivity index is 2.04. The highest BCUT2D eigenvalue weighted by molar-refractivity contribution is 7.07. The molecule has 0 saturated carbocycles. The van der Waals surface area contributed by atoms with E-state index in [1.165, 1.54) is 23.1 Å². The van der Waals surface area contributed by atoms with Gasteiger partial charge >= 0.3 is 0 Å². The van der Waals surface area contributed by atoms with Gasteiger partial charge in [-0.05, 0) is 43.5 Å². The van der Waals surface area contributed by atoms with Crippen LogP contribution in [-0.2, 0) is 11.3 Å². The number of amides is 1. The molecule has 1 saturated heterocycles. The van der Waals surface area contributed by atoms with Crippen LogP contribution in [0.5, 0.6) is 0 Å². The van der Waals surface area contributed by atoms with Crippen LogP contribution in [0.1, 0.15) is 25.3 Å². The number of hydrogen-bond acceptors (Lipinski definition) is 5. The molecule has 0 atom stereocenters. The lowest BCUT2D eigenvalue weighted by atomic mass is 10.2. The number of benzene rings is 1. The molecule has 0 spiro atoms. The topological polar surface area (TPSA) is 78.1 Å². The Bertz CT molecular complexity index is 1150. The van der Waals surface area contributed by atoms with E-state index in [2.05, 4.69) is 28.3 Å². The number of terminal acetylenes is 1. The zero-order chi connectivity index (χ0) is 20.8. The number of thiazole rings is 1. The first-order valence-electron chi connectivity index (χ1n) is 9.51. The van der Waals surface area contributed by atoms with Crippen LogP contribution in [0.4, 0.5) is 5.69 Å². The van der Waals surface area contributed by atoms with Gasteiger partial charge in [-0.1, -0.05) is 18.1 Å². The van der Waals surface area contributed by atoms with E-state index in [0.29, 0.717) is 15.7 Å². The number of nitrogens with one attached hydrogen (secondary N) is 1. The zero-order valence-electron chi connectivity index (χ0n) is 16.3. The van der Waals surface area contributed by atoms with Crippen LogP contribution in [0.2, 0.25) is 0 Å². The number of aromatic nitrogens is 1. The summed E-state index contributed by atoms with van der Waals surface area (Å²) >= 11 is 1.14. The van der Waals surface area contributed by atoms with Crippen molar-refractivity contribution in [3.8, 4) is 18.4 Å². The molecule has 1 aliphatic rings. The number of anilines is 1. The Hall–Kier alpha value is -3.29. The third-order valence-electron chi connectivity index (χ3n) is 4.79. The summed E-state index contributed by atoms with van der Waals surface area (Å²) in [4.78, 5) is 27.4. The van der Waals surface area contributed by atoms with Gasteiger partial charge in [-0.3, -0.25) is 14.2 Å². The van der Waals surface area contributed by atoms with Crippen LogP contribution in [0.15, 0.2) is 29.1 Å². The molecule has 7 heteroatoms. The average molecular weight is 407 g/mol. The molecule has 2 heterocycles. The van der Waals surface area contributed by atoms with Crippen molar-refractivity contribution in [3.63, 3.8) is 0 Å². The fraction of sp³-hybridized carbons (Fsp3) is 0.318. The SMILES string of the molecule is C#CCNC(=O)/C(C#N)=c1\s/c(=C\c2ccc(N3CCCC3)cc2)c(=O)n1CC. The van der Waals surface area contributed by atoms with Crippen LogP contribution in [0, 0.1) is 23.7 Å². The maximum absolute atomic E-state index is 12.8. The van der Waals surface area contributed by atoms with Gasteiger partial charge in [0.2, 0.25) is 0 Å². The summed E-state index contributed by atoms with van der Waals surface area (Å²) in [5.41, 5.74) is 1.76. The standard InChI is InChI=1S/C22H22N4O2S/c1-3-11-24-20(27)18(15-23)22-26(4-2)21(28)19(29-22)14-16-7-9-17(10-8-16)25-12-5-6-13-25/h1,7-10,14H,4-6,11-13H2,2H3,(H,24,27)/b19-14-,22-18-. The number of carbonyl (C=O) groups is 1. The summed E-state index contributed by atoms with van der Waals surface area (Å²) in [6.07, 6.45) is 9.39. The monoisotopic (exact) mass is 406 g/mol. The lowest BCUT2D eigenvalue weighted by molar-refractivity contribution is -0.115. The molecule has 0 bridgehead atoms. The van der Waals surface area contributed by atoms with E-state index in [4.69, 9.17) is 6.42 Å². The van der Waals surface area contributed by atoms with Gasteiger partial charge in [0.15, 0.2) is 5.57 Å². The predicted molar refractivity (Wildman–Crippen MR) is 116 cm³/mol. The van der Waals surface area contributed by atoms with Crippen LogP contribution < -0.4 is 25.0 Å². The fourth-order valence-electron chi connectivity index (χ4n) is 3.32. The summed E-state index contributed by atoms with van der Waals surface area (Å²) in [5, 5.41) is 12.0. The molecule has 1 aromatic carbocycles. The van der Waals surface area contributed by atoms with Crippen molar-refractivity contribution in [3.05, 3.63) is 49.4 Å². The van der Waals surface area contributed by atoms with E-state index in [9.17, 15) is 14.9 Å². The maximum atomic E-state index is 12.8. The molecule has 1 fully saturated rings. The van der Waals surface area contributed by atoms with Crippen molar-refractivity contribution in [2.45, 2.75) is 26.3 Å². The van der Waals surface area contributed by atoms with Crippen LogP contribution in [-0.4, -0.2) is 30.1 Å². The van der Waals surface area contributed by atoms with Crippen molar-refractivity contribution in [1.29, 1.82) is 5.26 Å². The highest BCUT2D eigenvalue weighted by Crippen LogP contribution is 2.20. The van der Waals surface area contributed by atoms with Gasteiger partial charge in [0.05, 0.1) is 11.1 Å². The Labute approximate surface area is 173 Å². The summed E-state index contributed by atoms with van der Waals surface area (Å²) in [7, 11) is 0. The number of nitrogens with zero attached hydrogens (tertiary/aromatic N) is 3.